The topological polar surface area (TPSA) is 62.7 Å². The van der Waals surface area contributed by atoms with E-state index in [9.17, 15) is 4.79 Å². The molecular formula is C16H18N2O3S. The van der Waals surface area contributed by atoms with Crippen molar-refractivity contribution in [3.63, 3.8) is 0 Å². The number of carboxylic acids is 1. The Labute approximate surface area is 133 Å². The first-order valence-electron chi connectivity index (χ1n) is 7.23. The molecule has 0 amide bonds. The van der Waals surface area contributed by atoms with E-state index < -0.39 is 5.97 Å². The third-order valence-electron chi connectivity index (χ3n) is 3.70. The van der Waals surface area contributed by atoms with Crippen molar-refractivity contribution in [2.45, 2.75) is 13.5 Å². The van der Waals surface area contributed by atoms with E-state index in [1.165, 1.54) is 16.9 Å². The van der Waals surface area contributed by atoms with Crippen molar-refractivity contribution < 1.29 is 14.6 Å². The molecule has 1 N–H and O–H groups in total. The van der Waals surface area contributed by atoms with Crippen LogP contribution in [0.4, 0.5) is 0 Å². The quantitative estimate of drug-likeness (QED) is 0.939. The first-order valence-corrected chi connectivity index (χ1v) is 8.05. The normalized spacial score (nSPS) is 15.9. The summed E-state index contributed by atoms with van der Waals surface area (Å²) in [7, 11) is 0. The lowest BCUT2D eigenvalue weighted by atomic mass is 10.1. The summed E-state index contributed by atoms with van der Waals surface area (Å²) >= 11 is 1.22. The molecule has 0 saturated carbocycles. The Balaban J connectivity index is 1.73. The first kappa shape index (κ1) is 15.1. The molecule has 1 aromatic carbocycles. The monoisotopic (exact) mass is 318 g/mol. The predicted molar refractivity (Wildman–Crippen MR) is 85.3 cm³/mol. The predicted octanol–water partition coefficient (Wildman–Crippen LogP) is 2.65. The van der Waals surface area contributed by atoms with Crippen LogP contribution in [0.5, 0.6) is 0 Å². The second-order valence-corrected chi connectivity index (χ2v) is 6.32. The van der Waals surface area contributed by atoms with Crippen LogP contribution in [-0.2, 0) is 11.3 Å². The number of rotatable bonds is 4. The van der Waals surface area contributed by atoms with Gasteiger partial charge in [0.25, 0.3) is 0 Å². The van der Waals surface area contributed by atoms with Crippen LogP contribution in [0.25, 0.3) is 10.6 Å². The van der Waals surface area contributed by atoms with Crippen LogP contribution in [0, 0.1) is 6.92 Å². The molecule has 0 aliphatic carbocycles. The van der Waals surface area contributed by atoms with Gasteiger partial charge >= 0.3 is 5.97 Å². The van der Waals surface area contributed by atoms with Crippen molar-refractivity contribution in [1.29, 1.82) is 0 Å². The highest BCUT2D eigenvalue weighted by molar-refractivity contribution is 7.17. The van der Waals surface area contributed by atoms with Crippen molar-refractivity contribution in [3.05, 3.63) is 40.4 Å². The van der Waals surface area contributed by atoms with Crippen molar-refractivity contribution >= 4 is 17.3 Å². The summed E-state index contributed by atoms with van der Waals surface area (Å²) in [5.41, 5.74) is 2.79. The van der Waals surface area contributed by atoms with E-state index in [4.69, 9.17) is 9.84 Å². The van der Waals surface area contributed by atoms with Gasteiger partial charge in [0, 0.05) is 25.2 Å². The molecule has 0 bridgehead atoms. The van der Waals surface area contributed by atoms with E-state index in [1.54, 1.807) is 6.92 Å². The highest BCUT2D eigenvalue weighted by Gasteiger charge is 2.15. The number of hydrogen-bond donors (Lipinski definition) is 1. The molecule has 1 saturated heterocycles. The maximum Gasteiger partial charge on any atom is 0.347 e. The van der Waals surface area contributed by atoms with Crippen molar-refractivity contribution in [3.8, 4) is 10.6 Å². The van der Waals surface area contributed by atoms with Crippen LogP contribution < -0.4 is 0 Å². The van der Waals surface area contributed by atoms with E-state index in [0.717, 1.165) is 43.4 Å². The average Bonchev–Trinajstić information content (AvgIpc) is 2.91. The number of benzene rings is 1. The van der Waals surface area contributed by atoms with Gasteiger partial charge in [0.15, 0.2) is 0 Å². The SMILES string of the molecule is Cc1nc(-c2ccc(CN3CCOCC3)cc2)sc1C(=O)O. The first-order chi connectivity index (χ1) is 10.6. The van der Waals surface area contributed by atoms with Crippen LogP contribution in [-0.4, -0.2) is 47.3 Å². The zero-order chi connectivity index (χ0) is 15.5. The summed E-state index contributed by atoms with van der Waals surface area (Å²) in [5.74, 6) is -0.912. The molecule has 1 aliphatic heterocycles. The zero-order valence-electron chi connectivity index (χ0n) is 12.4. The number of aromatic carboxylic acids is 1. The summed E-state index contributed by atoms with van der Waals surface area (Å²) in [6, 6.07) is 8.20. The van der Waals surface area contributed by atoms with E-state index >= 15 is 0 Å². The second-order valence-electron chi connectivity index (χ2n) is 5.32. The standard InChI is InChI=1S/C16H18N2O3S/c1-11-14(16(19)20)22-15(17-11)13-4-2-12(3-5-13)10-18-6-8-21-9-7-18/h2-5H,6-10H2,1H3,(H,19,20). The summed E-state index contributed by atoms with van der Waals surface area (Å²) in [6.07, 6.45) is 0. The molecule has 1 aliphatic rings. The van der Waals surface area contributed by atoms with Gasteiger partial charge in [0.2, 0.25) is 0 Å². The van der Waals surface area contributed by atoms with Gasteiger partial charge in [0.1, 0.15) is 9.88 Å². The molecule has 116 valence electrons. The van der Waals surface area contributed by atoms with Gasteiger partial charge in [-0.25, -0.2) is 9.78 Å². The number of aromatic nitrogens is 1. The van der Waals surface area contributed by atoms with Gasteiger partial charge in [-0.3, -0.25) is 4.90 Å². The Bertz CT molecular complexity index is 661. The number of nitrogens with zero attached hydrogens (tertiary/aromatic N) is 2. The molecule has 0 spiro atoms. The molecule has 0 unspecified atom stereocenters. The Morgan fingerprint density at radius 3 is 2.59 bits per heavy atom. The Morgan fingerprint density at radius 1 is 1.32 bits per heavy atom. The number of aryl methyl sites for hydroxylation is 1. The number of ether oxygens (including phenoxy) is 1. The lowest BCUT2D eigenvalue weighted by Crippen LogP contribution is -2.35. The third kappa shape index (κ3) is 3.35. The lowest BCUT2D eigenvalue weighted by molar-refractivity contribution is 0.0342. The van der Waals surface area contributed by atoms with Crippen LogP contribution in [0.3, 0.4) is 0 Å². The lowest BCUT2D eigenvalue weighted by Gasteiger charge is -2.26. The fourth-order valence-corrected chi connectivity index (χ4v) is 3.40. The van der Waals surface area contributed by atoms with Gasteiger partial charge < -0.3 is 9.84 Å². The van der Waals surface area contributed by atoms with Gasteiger partial charge in [-0.15, -0.1) is 11.3 Å². The molecule has 0 atom stereocenters. The van der Waals surface area contributed by atoms with Crippen LogP contribution in [0.1, 0.15) is 20.9 Å². The summed E-state index contributed by atoms with van der Waals surface area (Å²) in [4.78, 5) is 18.1. The summed E-state index contributed by atoms with van der Waals surface area (Å²) < 4.78 is 5.35. The molecule has 3 rings (SSSR count). The van der Waals surface area contributed by atoms with E-state index in [-0.39, 0.29) is 0 Å². The largest absolute Gasteiger partial charge is 0.477 e. The molecule has 1 fully saturated rings. The molecule has 1 aromatic heterocycles. The van der Waals surface area contributed by atoms with Crippen molar-refractivity contribution in [1.82, 2.24) is 9.88 Å². The Hall–Kier alpha value is -1.76. The average molecular weight is 318 g/mol. The highest BCUT2D eigenvalue weighted by Crippen LogP contribution is 2.28. The molecule has 5 nitrogen and oxygen atoms in total. The van der Waals surface area contributed by atoms with E-state index in [2.05, 4.69) is 22.0 Å². The van der Waals surface area contributed by atoms with Gasteiger partial charge in [0.05, 0.1) is 18.9 Å². The van der Waals surface area contributed by atoms with E-state index in [0.29, 0.717) is 10.6 Å². The molecule has 2 aromatic rings. The number of hydrogen-bond acceptors (Lipinski definition) is 5. The molecular weight excluding hydrogens is 300 g/mol. The second kappa shape index (κ2) is 6.56. The number of carbonyl (C=O) groups is 1. The molecule has 22 heavy (non-hydrogen) atoms. The number of morpholine rings is 1. The van der Waals surface area contributed by atoms with Gasteiger partial charge in [-0.2, -0.15) is 0 Å². The molecule has 6 heteroatoms. The van der Waals surface area contributed by atoms with Crippen molar-refractivity contribution in [2.24, 2.45) is 0 Å². The smallest absolute Gasteiger partial charge is 0.347 e. The third-order valence-corrected chi connectivity index (χ3v) is 4.90. The minimum absolute atomic E-state index is 0.312. The number of thiazole rings is 1. The van der Waals surface area contributed by atoms with Crippen molar-refractivity contribution in [2.75, 3.05) is 26.3 Å². The van der Waals surface area contributed by atoms with Crippen LogP contribution in [0.2, 0.25) is 0 Å². The van der Waals surface area contributed by atoms with Crippen LogP contribution >= 0.6 is 11.3 Å². The molecule has 2 heterocycles. The summed E-state index contributed by atoms with van der Waals surface area (Å²) in [5, 5.41) is 9.86. The highest BCUT2D eigenvalue weighted by atomic mass is 32.1. The minimum Gasteiger partial charge on any atom is -0.477 e. The Kier molecular flexibility index (Phi) is 4.52. The minimum atomic E-state index is -0.912. The summed E-state index contributed by atoms with van der Waals surface area (Å²) in [6.45, 7) is 6.19. The zero-order valence-corrected chi connectivity index (χ0v) is 13.2. The maximum atomic E-state index is 11.1. The van der Waals surface area contributed by atoms with Crippen LogP contribution in [0.15, 0.2) is 24.3 Å². The fourth-order valence-electron chi connectivity index (χ4n) is 2.49. The van der Waals surface area contributed by atoms with E-state index in [1.807, 2.05) is 12.1 Å². The molecule has 0 radical (unpaired) electrons. The Morgan fingerprint density at radius 2 is 2.00 bits per heavy atom. The fraction of sp³-hybridized carbons (Fsp3) is 0.375. The van der Waals surface area contributed by atoms with Gasteiger partial charge in [-0.1, -0.05) is 24.3 Å². The number of carboxylic acid groups (broad SMARTS) is 1. The van der Waals surface area contributed by atoms with Gasteiger partial charge in [-0.05, 0) is 12.5 Å². The maximum absolute atomic E-state index is 11.1.